The Labute approximate surface area is 246 Å². The second kappa shape index (κ2) is 9.82. The van der Waals surface area contributed by atoms with Crippen LogP contribution in [0.5, 0.6) is 11.5 Å². The Hall–Kier alpha value is -3.40. The molecule has 1 spiro atoms. The number of hydrogen-bond acceptors (Lipinski definition) is 6. The van der Waals surface area contributed by atoms with Gasteiger partial charge in [-0.3, -0.25) is 4.79 Å². The number of hydrogen-bond donors (Lipinski definition) is 1. The molecule has 2 fully saturated rings. The molecule has 1 saturated heterocycles. The number of aryl methyl sites for hydroxylation is 1. The molecule has 7 rings (SSSR count). The quantitative estimate of drug-likeness (QED) is 0.452. The first-order valence-electron chi connectivity index (χ1n) is 14.7. The topological polar surface area (TPSA) is 96.4 Å². The van der Waals surface area contributed by atoms with Crippen molar-refractivity contribution in [1.82, 2.24) is 9.21 Å². The minimum Gasteiger partial charge on any atom is -0.493 e. The number of carbonyl (C=O) groups excluding carboxylic acids is 1. The molecule has 9 heteroatoms. The van der Waals surface area contributed by atoms with E-state index in [-0.39, 0.29) is 23.4 Å². The van der Waals surface area contributed by atoms with Gasteiger partial charge < -0.3 is 19.5 Å². The molecule has 4 aliphatic rings. The third-order valence-electron chi connectivity index (χ3n) is 10.3. The van der Waals surface area contributed by atoms with Gasteiger partial charge in [0.05, 0.1) is 35.1 Å². The van der Waals surface area contributed by atoms with E-state index in [4.69, 9.17) is 9.47 Å². The number of carbonyl (C=O) groups is 1. The van der Waals surface area contributed by atoms with Gasteiger partial charge in [-0.2, -0.15) is 4.31 Å². The maximum Gasteiger partial charge on any atom is 0.243 e. The fraction of sp³-hybridized carbons (Fsp3) is 0.424. The SMILES string of the molecule is COc1ccc2c3c1O[C@H]1[C@H](N(C)C(=O)CCc4ccccc4)CC[C@@]4(O)[C@@H](C2)N(S(=O)(=O)c2ccccc2)CC[C@]314. The van der Waals surface area contributed by atoms with Crippen LogP contribution in [-0.2, 0) is 33.1 Å². The average Bonchev–Trinajstić information content (AvgIpc) is 3.35. The Morgan fingerprint density at radius 1 is 1.07 bits per heavy atom. The van der Waals surface area contributed by atoms with Crippen LogP contribution in [0.15, 0.2) is 77.7 Å². The molecule has 1 amide bonds. The van der Waals surface area contributed by atoms with Gasteiger partial charge in [0.1, 0.15) is 6.10 Å². The van der Waals surface area contributed by atoms with Gasteiger partial charge in [0.15, 0.2) is 11.5 Å². The summed E-state index contributed by atoms with van der Waals surface area (Å²) < 4.78 is 41.9. The third kappa shape index (κ3) is 3.72. The number of likely N-dealkylation sites (N-methyl/N-ethyl adjacent to an activating group) is 1. The summed E-state index contributed by atoms with van der Waals surface area (Å²) in [5, 5.41) is 12.8. The van der Waals surface area contributed by atoms with E-state index in [0.717, 1.165) is 16.7 Å². The molecule has 2 aliphatic carbocycles. The number of amides is 1. The number of sulfonamides is 1. The Balaban J connectivity index is 1.28. The molecule has 0 radical (unpaired) electrons. The molecule has 2 aliphatic heterocycles. The second-order valence-corrected chi connectivity index (χ2v) is 14.0. The molecule has 1 N–H and O–H groups in total. The van der Waals surface area contributed by atoms with Crippen molar-refractivity contribution in [2.45, 2.75) is 72.6 Å². The van der Waals surface area contributed by atoms with Crippen LogP contribution in [0.25, 0.3) is 0 Å². The van der Waals surface area contributed by atoms with E-state index in [1.54, 1.807) is 42.3 Å². The van der Waals surface area contributed by atoms with Crippen LogP contribution >= 0.6 is 0 Å². The highest BCUT2D eigenvalue weighted by Crippen LogP contribution is 2.66. The average molecular weight is 589 g/mol. The smallest absolute Gasteiger partial charge is 0.243 e. The van der Waals surface area contributed by atoms with Gasteiger partial charge in [-0.15, -0.1) is 0 Å². The van der Waals surface area contributed by atoms with Crippen molar-refractivity contribution in [2.75, 3.05) is 20.7 Å². The fourth-order valence-corrected chi connectivity index (χ4v) is 9.99. The van der Waals surface area contributed by atoms with Crippen molar-refractivity contribution in [2.24, 2.45) is 0 Å². The minimum atomic E-state index is -3.85. The lowest BCUT2D eigenvalue weighted by Crippen LogP contribution is -2.78. The van der Waals surface area contributed by atoms with E-state index in [9.17, 15) is 18.3 Å². The van der Waals surface area contributed by atoms with Crippen molar-refractivity contribution in [3.8, 4) is 11.5 Å². The van der Waals surface area contributed by atoms with Crippen molar-refractivity contribution in [3.05, 3.63) is 89.5 Å². The zero-order chi connectivity index (χ0) is 29.3. The molecule has 220 valence electrons. The van der Waals surface area contributed by atoms with Gasteiger partial charge in [-0.25, -0.2) is 8.42 Å². The fourth-order valence-electron chi connectivity index (χ4n) is 8.30. The summed E-state index contributed by atoms with van der Waals surface area (Å²) in [4.78, 5) is 15.6. The molecule has 3 aromatic rings. The molecule has 42 heavy (non-hydrogen) atoms. The Bertz CT molecular complexity index is 1630. The number of piperidine rings is 1. The molecule has 0 aromatic heterocycles. The summed E-state index contributed by atoms with van der Waals surface area (Å²) in [6.07, 6.45) is 2.09. The molecule has 3 aromatic carbocycles. The molecular formula is C33H36N2O6S. The lowest BCUT2D eigenvalue weighted by molar-refractivity contribution is -0.187. The first-order chi connectivity index (χ1) is 20.2. The van der Waals surface area contributed by atoms with Crippen LogP contribution < -0.4 is 9.47 Å². The summed E-state index contributed by atoms with van der Waals surface area (Å²) in [5.74, 6) is 1.23. The lowest BCUT2D eigenvalue weighted by Gasteiger charge is -2.64. The Kier molecular flexibility index (Phi) is 6.42. The van der Waals surface area contributed by atoms with Crippen LogP contribution in [0.1, 0.15) is 42.4 Å². The monoisotopic (exact) mass is 588 g/mol. The van der Waals surface area contributed by atoms with E-state index in [0.29, 0.717) is 50.0 Å². The first-order valence-corrected chi connectivity index (χ1v) is 16.1. The number of rotatable bonds is 7. The van der Waals surface area contributed by atoms with Gasteiger partial charge >= 0.3 is 0 Å². The van der Waals surface area contributed by atoms with Gasteiger partial charge in [0, 0.05) is 25.6 Å². The molecular weight excluding hydrogens is 552 g/mol. The largest absolute Gasteiger partial charge is 0.493 e. The zero-order valence-corrected chi connectivity index (χ0v) is 24.7. The number of benzene rings is 3. The van der Waals surface area contributed by atoms with Crippen molar-refractivity contribution >= 4 is 15.9 Å². The lowest BCUT2D eigenvalue weighted by atomic mass is 9.48. The molecule has 2 heterocycles. The maximum atomic E-state index is 14.0. The van der Waals surface area contributed by atoms with Crippen molar-refractivity contribution < 1.29 is 27.8 Å². The summed E-state index contributed by atoms with van der Waals surface area (Å²) in [7, 11) is -0.420. The standard InChI is InChI=1S/C33H36N2O6S/c1-34(28(36)16-13-22-9-5-3-6-10-22)25-17-18-33(37)27-21-23-14-15-26(40-2)30-29(23)32(33,31(25)41-30)19-20-35(27)42(38,39)24-11-7-4-8-12-24/h3-12,14-15,25,27,31,37H,13,16-21H2,1-2H3/t25-,27-,31+,32+,33-/m1/s1. The van der Waals surface area contributed by atoms with Crippen LogP contribution in [-0.4, -0.2) is 73.1 Å². The van der Waals surface area contributed by atoms with Gasteiger partial charge in [-0.05, 0) is 61.4 Å². The number of aliphatic hydroxyl groups is 1. The maximum absolute atomic E-state index is 14.0. The van der Waals surface area contributed by atoms with E-state index in [2.05, 4.69) is 0 Å². The van der Waals surface area contributed by atoms with E-state index in [1.807, 2.05) is 49.5 Å². The number of nitrogens with zero attached hydrogens (tertiary/aromatic N) is 2. The summed E-state index contributed by atoms with van der Waals surface area (Å²) in [6, 6.07) is 21.3. The van der Waals surface area contributed by atoms with E-state index < -0.39 is 33.2 Å². The van der Waals surface area contributed by atoms with Crippen molar-refractivity contribution in [3.63, 3.8) is 0 Å². The highest BCUT2D eigenvalue weighted by Gasteiger charge is 2.74. The van der Waals surface area contributed by atoms with Gasteiger partial charge in [0.2, 0.25) is 15.9 Å². The summed E-state index contributed by atoms with van der Waals surface area (Å²) in [5.41, 5.74) is 0.769. The highest BCUT2D eigenvalue weighted by atomic mass is 32.2. The number of ether oxygens (including phenoxy) is 2. The summed E-state index contributed by atoms with van der Waals surface area (Å²) >= 11 is 0. The molecule has 5 atom stereocenters. The predicted molar refractivity (Wildman–Crippen MR) is 157 cm³/mol. The first kappa shape index (κ1) is 27.4. The molecule has 8 nitrogen and oxygen atoms in total. The van der Waals surface area contributed by atoms with Gasteiger partial charge in [0.25, 0.3) is 0 Å². The molecule has 2 bridgehead atoms. The number of methoxy groups -OCH3 is 1. The third-order valence-corrected chi connectivity index (χ3v) is 12.2. The van der Waals surface area contributed by atoms with Crippen LogP contribution in [0, 0.1) is 0 Å². The van der Waals surface area contributed by atoms with Crippen molar-refractivity contribution in [1.29, 1.82) is 0 Å². The highest BCUT2D eigenvalue weighted by molar-refractivity contribution is 7.89. The second-order valence-electron chi connectivity index (χ2n) is 12.1. The Morgan fingerprint density at radius 3 is 2.50 bits per heavy atom. The molecule has 1 saturated carbocycles. The van der Waals surface area contributed by atoms with Gasteiger partial charge in [-0.1, -0.05) is 54.6 Å². The predicted octanol–water partition coefficient (Wildman–Crippen LogP) is 3.70. The molecule has 0 unspecified atom stereocenters. The van der Waals surface area contributed by atoms with Crippen LogP contribution in [0.3, 0.4) is 0 Å². The van der Waals surface area contributed by atoms with E-state index in [1.165, 1.54) is 4.31 Å². The minimum absolute atomic E-state index is 0.0221. The van der Waals surface area contributed by atoms with Crippen LogP contribution in [0.2, 0.25) is 0 Å². The summed E-state index contributed by atoms with van der Waals surface area (Å²) in [6.45, 7) is 0.249. The van der Waals surface area contributed by atoms with Crippen LogP contribution in [0.4, 0.5) is 0 Å². The Morgan fingerprint density at radius 2 is 1.79 bits per heavy atom. The van der Waals surface area contributed by atoms with E-state index >= 15 is 0 Å². The zero-order valence-electron chi connectivity index (χ0n) is 23.9. The normalized spacial score (nSPS) is 29.4.